The lowest BCUT2D eigenvalue weighted by atomic mass is 9.84. The van der Waals surface area contributed by atoms with Gasteiger partial charge in [-0.05, 0) is 57.8 Å². The number of carbonyl (C=O) groups excluding carboxylic acids is 1. The lowest BCUT2D eigenvalue weighted by Crippen LogP contribution is -2.35. The largest absolute Gasteiger partial charge is 0.401 e. The van der Waals surface area contributed by atoms with Crippen molar-refractivity contribution in [1.29, 1.82) is 0 Å². The van der Waals surface area contributed by atoms with E-state index in [2.05, 4.69) is 17.6 Å². The predicted molar refractivity (Wildman–Crippen MR) is 95.0 cm³/mol. The van der Waals surface area contributed by atoms with Gasteiger partial charge in [0.1, 0.15) is 0 Å². The molecule has 0 saturated carbocycles. The molecule has 1 unspecified atom stereocenters. The lowest BCUT2D eigenvalue weighted by molar-refractivity contribution is -0.143. The minimum Gasteiger partial charge on any atom is -0.356 e. The Morgan fingerprint density at radius 3 is 2.42 bits per heavy atom. The van der Waals surface area contributed by atoms with Crippen molar-refractivity contribution in [1.82, 2.24) is 15.5 Å². The maximum atomic E-state index is 12.1. The third-order valence-corrected chi connectivity index (χ3v) is 4.18. The van der Waals surface area contributed by atoms with Crippen LogP contribution in [0, 0.1) is 11.8 Å². The van der Waals surface area contributed by atoms with Crippen molar-refractivity contribution in [3.8, 4) is 0 Å². The third kappa shape index (κ3) is 12.2. The van der Waals surface area contributed by atoms with Crippen LogP contribution in [0.15, 0.2) is 0 Å². The molecule has 24 heavy (non-hydrogen) atoms. The van der Waals surface area contributed by atoms with E-state index in [0.717, 1.165) is 25.9 Å². The number of hydrogen-bond donors (Lipinski definition) is 2. The van der Waals surface area contributed by atoms with Crippen molar-refractivity contribution < 1.29 is 18.0 Å². The smallest absolute Gasteiger partial charge is 0.356 e. The minimum absolute atomic E-state index is 0. The Morgan fingerprint density at radius 1 is 1.29 bits per heavy atom. The van der Waals surface area contributed by atoms with Gasteiger partial charge in [0.25, 0.3) is 0 Å². The van der Waals surface area contributed by atoms with Crippen LogP contribution in [-0.4, -0.2) is 56.8 Å². The maximum absolute atomic E-state index is 12.1. The van der Waals surface area contributed by atoms with E-state index in [1.54, 1.807) is 0 Å². The highest BCUT2D eigenvalue weighted by molar-refractivity contribution is 5.85. The van der Waals surface area contributed by atoms with E-state index in [4.69, 9.17) is 0 Å². The summed E-state index contributed by atoms with van der Waals surface area (Å²) in [4.78, 5) is 13.1. The molecule has 2 N–H and O–H groups in total. The van der Waals surface area contributed by atoms with Crippen molar-refractivity contribution in [3.05, 3.63) is 0 Å². The van der Waals surface area contributed by atoms with E-state index >= 15 is 0 Å². The van der Waals surface area contributed by atoms with Gasteiger partial charge in [-0.2, -0.15) is 13.2 Å². The number of piperidine rings is 1. The molecule has 9 heteroatoms. The summed E-state index contributed by atoms with van der Waals surface area (Å²) in [5.74, 6) is 0.949. The molecule has 0 radical (unpaired) electrons. The van der Waals surface area contributed by atoms with Gasteiger partial charge in [-0.15, -0.1) is 24.8 Å². The first-order valence-corrected chi connectivity index (χ1v) is 8.00. The van der Waals surface area contributed by atoms with Crippen LogP contribution in [0.2, 0.25) is 0 Å². The zero-order chi connectivity index (χ0) is 16.6. The highest BCUT2D eigenvalue weighted by Gasteiger charge is 2.28. The first-order valence-electron chi connectivity index (χ1n) is 8.00. The fourth-order valence-electron chi connectivity index (χ4n) is 2.91. The number of nitrogens with zero attached hydrogens (tertiary/aromatic N) is 1. The van der Waals surface area contributed by atoms with Crippen molar-refractivity contribution in [2.75, 3.05) is 39.8 Å². The average Bonchev–Trinajstić information content (AvgIpc) is 2.42. The molecule has 0 aliphatic carbocycles. The summed E-state index contributed by atoms with van der Waals surface area (Å²) in [6.07, 6.45) is -0.918. The fraction of sp³-hybridized carbons (Fsp3) is 0.933. The van der Waals surface area contributed by atoms with Crippen molar-refractivity contribution >= 4 is 30.7 Å². The quantitative estimate of drug-likeness (QED) is 0.621. The van der Waals surface area contributed by atoms with Gasteiger partial charge in [0.2, 0.25) is 5.91 Å². The summed E-state index contributed by atoms with van der Waals surface area (Å²) >= 11 is 0. The summed E-state index contributed by atoms with van der Waals surface area (Å²) in [5, 5.41) is 6.11. The molecular weight excluding hydrogens is 366 g/mol. The predicted octanol–water partition coefficient (Wildman–Crippen LogP) is 2.86. The SMILES string of the molecule is CC(CC(=O)NCCCN(C)CC(F)(F)F)C1CCNCC1.Cl.Cl. The van der Waals surface area contributed by atoms with Gasteiger partial charge in [0.05, 0.1) is 6.54 Å². The number of halogens is 5. The summed E-state index contributed by atoms with van der Waals surface area (Å²) in [5.41, 5.74) is 0. The van der Waals surface area contributed by atoms with E-state index in [1.165, 1.54) is 11.9 Å². The summed E-state index contributed by atoms with van der Waals surface area (Å²) in [6.45, 7) is 3.98. The van der Waals surface area contributed by atoms with Crippen molar-refractivity contribution in [3.63, 3.8) is 0 Å². The molecule has 0 bridgehead atoms. The summed E-state index contributed by atoms with van der Waals surface area (Å²) in [6, 6.07) is 0. The standard InChI is InChI=1S/C15H28F3N3O.2ClH/c1-12(13-4-7-19-8-5-13)10-14(22)20-6-3-9-21(2)11-15(16,17)18;;/h12-13,19H,3-11H2,1-2H3,(H,20,22);2*1H. The van der Waals surface area contributed by atoms with Crippen LogP contribution >= 0.6 is 24.8 Å². The van der Waals surface area contributed by atoms with Gasteiger partial charge < -0.3 is 10.6 Å². The van der Waals surface area contributed by atoms with Gasteiger partial charge in [0, 0.05) is 13.0 Å². The highest BCUT2D eigenvalue weighted by atomic mass is 35.5. The van der Waals surface area contributed by atoms with E-state index in [0.29, 0.717) is 37.8 Å². The first-order chi connectivity index (χ1) is 10.3. The molecular formula is C15H30Cl2F3N3O. The second-order valence-corrected chi connectivity index (χ2v) is 6.33. The van der Waals surface area contributed by atoms with Gasteiger partial charge in [0.15, 0.2) is 0 Å². The van der Waals surface area contributed by atoms with E-state index < -0.39 is 12.7 Å². The number of amides is 1. The highest BCUT2D eigenvalue weighted by Crippen LogP contribution is 2.24. The molecule has 1 aliphatic heterocycles. The average molecular weight is 396 g/mol. The first kappa shape index (κ1) is 26.0. The number of alkyl halides is 3. The van der Waals surface area contributed by atoms with Gasteiger partial charge in [-0.1, -0.05) is 6.92 Å². The Balaban J connectivity index is 0. The van der Waals surface area contributed by atoms with Crippen LogP contribution in [0.4, 0.5) is 13.2 Å². The Labute approximate surface area is 155 Å². The van der Waals surface area contributed by atoms with Gasteiger partial charge in [-0.25, -0.2) is 0 Å². The van der Waals surface area contributed by atoms with Crippen LogP contribution < -0.4 is 10.6 Å². The topological polar surface area (TPSA) is 44.4 Å². The van der Waals surface area contributed by atoms with Crippen LogP contribution in [0.3, 0.4) is 0 Å². The maximum Gasteiger partial charge on any atom is 0.401 e. The van der Waals surface area contributed by atoms with Crippen LogP contribution in [0.1, 0.15) is 32.6 Å². The Hall–Kier alpha value is -0.240. The van der Waals surface area contributed by atoms with E-state index in [-0.39, 0.29) is 30.7 Å². The Morgan fingerprint density at radius 2 is 1.88 bits per heavy atom. The molecule has 1 heterocycles. The van der Waals surface area contributed by atoms with Crippen LogP contribution in [0.25, 0.3) is 0 Å². The van der Waals surface area contributed by atoms with E-state index in [9.17, 15) is 18.0 Å². The third-order valence-electron chi connectivity index (χ3n) is 4.18. The normalized spacial score (nSPS) is 16.9. The number of carbonyl (C=O) groups is 1. The molecule has 0 aromatic rings. The van der Waals surface area contributed by atoms with Gasteiger partial charge >= 0.3 is 6.18 Å². The Bertz CT molecular complexity index is 340. The molecule has 1 saturated heterocycles. The van der Waals surface area contributed by atoms with Crippen molar-refractivity contribution in [2.24, 2.45) is 11.8 Å². The van der Waals surface area contributed by atoms with Gasteiger partial charge in [-0.3, -0.25) is 9.69 Å². The van der Waals surface area contributed by atoms with Crippen LogP contribution in [0.5, 0.6) is 0 Å². The Kier molecular flexibility index (Phi) is 14.1. The zero-order valence-electron chi connectivity index (χ0n) is 14.3. The van der Waals surface area contributed by atoms with Crippen molar-refractivity contribution in [2.45, 2.75) is 38.8 Å². The molecule has 1 atom stereocenters. The monoisotopic (exact) mass is 395 g/mol. The molecule has 1 fully saturated rings. The molecule has 0 spiro atoms. The molecule has 1 aliphatic rings. The van der Waals surface area contributed by atoms with E-state index in [1.807, 2.05) is 0 Å². The summed E-state index contributed by atoms with van der Waals surface area (Å²) < 4.78 is 36.4. The second kappa shape index (κ2) is 13.0. The molecule has 1 rings (SSSR count). The molecule has 1 amide bonds. The second-order valence-electron chi connectivity index (χ2n) is 6.33. The molecule has 4 nitrogen and oxygen atoms in total. The van der Waals surface area contributed by atoms with Crippen LogP contribution in [-0.2, 0) is 4.79 Å². The number of nitrogens with one attached hydrogen (secondary N) is 2. The molecule has 146 valence electrons. The fourth-order valence-corrected chi connectivity index (χ4v) is 2.91. The molecule has 0 aromatic carbocycles. The number of hydrogen-bond acceptors (Lipinski definition) is 3. The number of rotatable bonds is 8. The lowest BCUT2D eigenvalue weighted by Gasteiger charge is -2.27. The summed E-state index contributed by atoms with van der Waals surface area (Å²) in [7, 11) is 1.44. The molecule has 0 aromatic heterocycles. The minimum atomic E-state index is -4.16. The zero-order valence-corrected chi connectivity index (χ0v) is 16.0.